The van der Waals surface area contributed by atoms with E-state index in [1.165, 1.54) is 6.07 Å². The first-order valence-corrected chi connectivity index (χ1v) is 1.80. The molecule has 0 atom stereocenters. The summed E-state index contributed by atoms with van der Waals surface area (Å²) >= 11 is 0. The van der Waals surface area contributed by atoms with E-state index in [9.17, 15) is 0 Å². The lowest BCUT2D eigenvalue weighted by molar-refractivity contribution is 1.46. The van der Waals surface area contributed by atoms with Crippen molar-refractivity contribution in [1.29, 1.82) is 15.9 Å². The summed E-state index contributed by atoms with van der Waals surface area (Å²) < 4.78 is 0. The molecule has 0 fully saturated rings. The van der Waals surface area contributed by atoms with Crippen LogP contribution in [0.2, 0.25) is 0 Å². The van der Waals surface area contributed by atoms with Crippen LogP contribution in [-0.2, 0) is 0 Å². The van der Waals surface area contributed by atoms with Crippen LogP contribution in [0.1, 0.15) is 0 Å². The maximum atomic E-state index is 7.99. The zero-order chi connectivity index (χ0) is 6.57. The second kappa shape index (κ2) is 2.54. The Morgan fingerprint density at radius 3 is 2.00 bits per heavy atom. The molecule has 1 N–H and O–H groups in total. The highest BCUT2D eigenvalue weighted by molar-refractivity contribution is 6.11. The minimum Gasteiger partial charge on any atom is -0.289 e. The maximum absolute atomic E-state index is 7.99. The second-order valence-corrected chi connectivity index (χ2v) is 1.08. The number of nitrogens with zero attached hydrogens (tertiary/aromatic N) is 2. The van der Waals surface area contributed by atoms with E-state index in [0.29, 0.717) is 0 Å². The van der Waals surface area contributed by atoms with Crippen LogP contribution in [0.3, 0.4) is 0 Å². The molecule has 3 heteroatoms. The Morgan fingerprint density at radius 1 is 1.38 bits per heavy atom. The summed E-state index contributed by atoms with van der Waals surface area (Å²) in [4.78, 5) is 0. The first kappa shape index (κ1) is 6.39. The third-order valence-electron chi connectivity index (χ3n) is 0.549. The van der Waals surface area contributed by atoms with E-state index >= 15 is 0 Å². The summed E-state index contributed by atoms with van der Waals surface area (Å²) in [5, 5.41) is 22.6. The van der Waals surface area contributed by atoms with Crippen LogP contribution in [0.4, 0.5) is 0 Å². The number of allylic oxidation sites excluding steroid dienone is 1. The van der Waals surface area contributed by atoms with Crippen LogP contribution in [0.15, 0.2) is 12.2 Å². The first-order chi connectivity index (χ1) is 3.72. The lowest BCUT2D eigenvalue weighted by Gasteiger charge is -1.79. The molecule has 0 aromatic rings. The number of rotatable bonds is 1. The number of hydrogen-bond donors (Lipinski definition) is 1. The zero-order valence-electron chi connectivity index (χ0n) is 4.10. The Morgan fingerprint density at radius 2 is 1.88 bits per heavy atom. The van der Waals surface area contributed by atoms with E-state index in [1.54, 1.807) is 6.07 Å². The van der Waals surface area contributed by atoms with Crippen molar-refractivity contribution in [1.82, 2.24) is 0 Å². The van der Waals surface area contributed by atoms with Crippen molar-refractivity contribution in [3.63, 3.8) is 0 Å². The molecule has 3 nitrogen and oxygen atoms in total. The number of hydrogen-bond acceptors (Lipinski definition) is 3. The van der Waals surface area contributed by atoms with Gasteiger partial charge in [0.05, 0.1) is 5.57 Å². The highest BCUT2D eigenvalue weighted by Crippen LogP contribution is 1.85. The third kappa shape index (κ3) is 1.24. The summed E-state index contributed by atoms with van der Waals surface area (Å²) in [6.45, 7) is 3.14. The molecule has 0 spiro atoms. The lowest BCUT2D eigenvalue weighted by Crippen LogP contribution is -1.91. The highest BCUT2D eigenvalue weighted by atomic mass is 14.4. The van der Waals surface area contributed by atoms with Crippen LogP contribution >= 0.6 is 0 Å². The lowest BCUT2D eigenvalue weighted by atomic mass is 10.2. The summed E-state index contributed by atoms with van der Waals surface area (Å²) in [6.07, 6.45) is 0. The predicted molar refractivity (Wildman–Crippen MR) is 28.1 cm³/mol. The van der Waals surface area contributed by atoms with Gasteiger partial charge in [0.2, 0.25) is 0 Å². The monoisotopic (exact) mass is 105 g/mol. The molecule has 0 radical (unpaired) electrons. The largest absolute Gasteiger partial charge is 0.289 e. The van der Waals surface area contributed by atoms with Crippen LogP contribution < -0.4 is 0 Å². The Balaban J connectivity index is 4.16. The van der Waals surface area contributed by atoms with Crippen molar-refractivity contribution in [2.75, 3.05) is 0 Å². The van der Waals surface area contributed by atoms with E-state index in [4.69, 9.17) is 15.9 Å². The van der Waals surface area contributed by atoms with Gasteiger partial charge in [0.25, 0.3) is 0 Å². The van der Waals surface area contributed by atoms with Crippen LogP contribution in [0, 0.1) is 28.1 Å². The average molecular weight is 105 g/mol. The number of nitrogens with one attached hydrogen (secondary N) is 1. The van der Waals surface area contributed by atoms with Crippen molar-refractivity contribution in [3.05, 3.63) is 12.2 Å². The fourth-order valence-corrected chi connectivity index (χ4v) is 0.123. The summed E-state index contributed by atoms with van der Waals surface area (Å²) in [6, 6.07) is 3.05. The van der Waals surface area contributed by atoms with Gasteiger partial charge in [-0.3, -0.25) is 5.41 Å². The van der Waals surface area contributed by atoms with Crippen molar-refractivity contribution < 1.29 is 0 Å². The van der Waals surface area contributed by atoms with E-state index in [0.717, 1.165) is 0 Å². The molecule has 0 rings (SSSR count). The van der Waals surface area contributed by atoms with Crippen LogP contribution in [0.5, 0.6) is 0 Å². The smallest absolute Gasteiger partial charge is 0.149 e. The van der Waals surface area contributed by atoms with Crippen molar-refractivity contribution in [2.24, 2.45) is 0 Å². The van der Waals surface area contributed by atoms with Gasteiger partial charge in [0, 0.05) is 0 Å². The molecule has 0 unspecified atom stereocenters. The molecule has 0 aromatic heterocycles. The van der Waals surface area contributed by atoms with Gasteiger partial charge in [-0.05, 0) is 0 Å². The molecule has 0 bridgehead atoms. The second-order valence-electron chi connectivity index (χ2n) is 1.08. The molecule has 0 aliphatic carbocycles. The number of nitriles is 2. The van der Waals surface area contributed by atoms with E-state index < -0.39 is 0 Å². The van der Waals surface area contributed by atoms with Gasteiger partial charge in [-0.1, -0.05) is 6.58 Å². The van der Waals surface area contributed by atoms with Gasteiger partial charge in [-0.15, -0.1) is 0 Å². The summed E-state index contributed by atoms with van der Waals surface area (Å²) in [7, 11) is 0. The van der Waals surface area contributed by atoms with Crippen LogP contribution in [0.25, 0.3) is 0 Å². The predicted octanol–water partition coefficient (Wildman–Crippen LogP) is 0.610. The highest BCUT2D eigenvalue weighted by Gasteiger charge is 1.95. The molecular formula is C5H3N3. The molecule has 38 valence electrons. The van der Waals surface area contributed by atoms with E-state index in [-0.39, 0.29) is 11.3 Å². The molecule has 8 heavy (non-hydrogen) atoms. The Kier molecular flexibility index (Phi) is 2.03. The SMILES string of the molecule is C=C(C#N)C(=N)C#N. The van der Waals surface area contributed by atoms with Crippen molar-refractivity contribution >= 4 is 5.71 Å². The van der Waals surface area contributed by atoms with Gasteiger partial charge in [0.1, 0.15) is 17.9 Å². The Hall–Kier alpha value is -1.61. The molecular weight excluding hydrogens is 102 g/mol. The van der Waals surface area contributed by atoms with Gasteiger partial charge in [-0.2, -0.15) is 10.5 Å². The Labute approximate surface area is 47.0 Å². The van der Waals surface area contributed by atoms with Crippen LogP contribution in [-0.4, -0.2) is 5.71 Å². The molecule has 0 aliphatic heterocycles. The van der Waals surface area contributed by atoms with Gasteiger partial charge >= 0.3 is 0 Å². The van der Waals surface area contributed by atoms with Gasteiger partial charge in [0.15, 0.2) is 0 Å². The van der Waals surface area contributed by atoms with Crippen molar-refractivity contribution in [2.45, 2.75) is 0 Å². The fraction of sp³-hybridized carbons (Fsp3) is 0. The Bertz CT molecular complexity index is 177. The molecule has 0 aliphatic rings. The summed E-state index contributed by atoms with van der Waals surface area (Å²) in [5.74, 6) is 0. The average Bonchev–Trinajstić information content (AvgIpc) is 1.84. The molecule has 0 aromatic carbocycles. The van der Waals surface area contributed by atoms with Gasteiger partial charge < -0.3 is 0 Å². The minimum atomic E-state index is -0.368. The topological polar surface area (TPSA) is 71.4 Å². The van der Waals surface area contributed by atoms with E-state index in [2.05, 4.69) is 6.58 Å². The molecule has 0 heterocycles. The maximum Gasteiger partial charge on any atom is 0.149 e. The minimum absolute atomic E-state index is 0.0903. The normalized spacial score (nSPS) is 6.25. The molecule has 0 saturated carbocycles. The summed E-state index contributed by atoms with van der Waals surface area (Å²) in [5.41, 5.74) is -0.458. The van der Waals surface area contributed by atoms with Crippen molar-refractivity contribution in [3.8, 4) is 12.1 Å². The molecule has 0 amide bonds. The fourth-order valence-electron chi connectivity index (χ4n) is 0.123. The standard InChI is InChI=1S/C5H3N3/c1-4(2-6)5(8)3-7/h8H,1H2. The van der Waals surface area contributed by atoms with E-state index in [1.807, 2.05) is 0 Å². The first-order valence-electron chi connectivity index (χ1n) is 1.80. The zero-order valence-corrected chi connectivity index (χ0v) is 4.10. The quantitative estimate of drug-likeness (QED) is 0.392. The van der Waals surface area contributed by atoms with Gasteiger partial charge in [-0.25, -0.2) is 0 Å². The third-order valence-corrected chi connectivity index (χ3v) is 0.549. The molecule has 0 saturated heterocycles.